The number of aryl methyl sites for hydroxylation is 2. The maximum Gasteiger partial charge on any atom is 0.0709 e. The van der Waals surface area contributed by atoms with Gasteiger partial charge in [-0.25, -0.2) is 0 Å². The summed E-state index contributed by atoms with van der Waals surface area (Å²) in [6.07, 6.45) is 0. The fourth-order valence-corrected chi connectivity index (χ4v) is 2.57. The summed E-state index contributed by atoms with van der Waals surface area (Å²) in [6.45, 7) is 7.79. The van der Waals surface area contributed by atoms with Gasteiger partial charge in [0, 0.05) is 29.9 Å². The molecule has 0 spiro atoms. The van der Waals surface area contributed by atoms with Crippen molar-refractivity contribution in [2.24, 2.45) is 0 Å². The molecule has 1 aliphatic rings. The third-order valence-electron chi connectivity index (χ3n) is 3.50. The summed E-state index contributed by atoms with van der Waals surface area (Å²) in [4.78, 5) is 6.96. The van der Waals surface area contributed by atoms with Crippen molar-refractivity contribution >= 4 is 16.6 Å². The first-order chi connectivity index (χ1) is 8.74. The van der Waals surface area contributed by atoms with E-state index in [2.05, 4.69) is 41.1 Å². The molecule has 1 aliphatic heterocycles. The lowest BCUT2D eigenvalue weighted by Crippen LogP contribution is -2.36. The highest BCUT2D eigenvalue weighted by molar-refractivity contribution is 5.85. The van der Waals surface area contributed by atoms with Crippen LogP contribution in [0.25, 0.3) is 10.9 Å². The van der Waals surface area contributed by atoms with Crippen LogP contribution in [0, 0.1) is 13.8 Å². The lowest BCUT2D eigenvalue weighted by Gasteiger charge is -2.29. The zero-order valence-corrected chi connectivity index (χ0v) is 10.9. The molecule has 0 unspecified atom stereocenters. The molecule has 2 heterocycles. The third-order valence-corrected chi connectivity index (χ3v) is 3.50. The highest BCUT2D eigenvalue weighted by Gasteiger charge is 2.12. The van der Waals surface area contributed by atoms with Crippen LogP contribution in [-0.4, -0.2) is 31.3 Å². The van der Waals surface area contributed by atoms with E-state index in [-0.39, 0.29) is 0 Å². The largest absolute Gasteiger partial charge is 0.378 e. The average molecular weight is 242 g/mol. The fourth-order valence-electron chi connectivity index (χ4n) is 2.57. The molecule has 3 rings (SSSR count). The van der Waals surface area contributed by atoms with Crippen LogP contribution in [-0.2, 0) is 4.74 Å². The summed E-state index contributed by atoms with van der Waals surface area (Å²) >= 11 is 0. The summed E-state index contributed by atoms with van der Waals surface area (Å²) in [5.41, 5.74) is 4.75. The van der Waals surface area contributed by atoms with Gasteiger partial charge in [-0.1, -0.05) is 0 Å². The van der Waals surface area contributed by atoms with Crippen LogP contribution in [0.2, 0.25) is 0 Å². The van der Waals surface area contributed by atoms with E-state index in [4.69, 9.17) is 4.74 Å². The highest BCUT2D eigenvalue weighted by atomic mass is 16.5. The molecule has 3 heteroatoms. The number of hydrogen-bond donors (Lipinski definition) is 0. The molecule has 0 amide bonds. The first kappa shape index (κ1) is 11.5. The Kier molecular flexibility index (Phi) is 2.92. The van der Waals surface area contributed by atoms with Gasteiger partial charge in [0.05, 0.1) is 18.7 Å². The van der Waals surface area contributed by atoms with Gasteiger partial charge in [0.25, 0.3) is 0 Å². The van der Waals surface area contributed by atoms with Crippen molar-refractivity contribution < 1.29 is 4.74 Å². The van der Waals surface area contributed by atoms with Gasteiger partial charge < -0.3 is 9.64 Å². The van der Waals surface area contributed by atoms with E-state index in [9.17, 15) is 0 Å². The molecule has 0 N–H and O–H groups in total. The van der Waals surface area contributed by atoms with Gasteiger partial charge in [-0.3, -0.25) is 4.98 Å². The number of nitrogens with zero attached hydrogens (tertiary/aromatic N) is 2. The van der Waals surface area contributed by atoms with E-state index in [1.54, 1.807) is 0 Å². The molecule has 0 aliphatic carbocycles. The Balaban J connectivity index is 2.04. The van der Waals surface area contributed by atoms with Crippen molar-refractivity contribution in [1.82, 2.24) is 4.98 Å². The summed E-state index contributed by atoms with van der Waals surface area (Å²) in [7, 11) is 0. The number of anilines is 1. The van der Waals surface area contributed by atoms with Crippen LogP contribution < -0.4 is 4.90 Å². The van der Waals surface area contributed by atoms with Crippen molar-refractivity contribution in [3.05, 3.63) is 35.5 Å². The molecule has 3 nitrogen and oxygen atoms in total. The van der Waals surface area contributed by atoms with Crippen LogP contribution in [0.15, 0.2) is 24.3 Å². The second-order valence-electron chi connectivity index (χ2n) is 4.88. The maximum absolute atomic E-state index is 5.39. The van der Waals surface area contributed by atoms with Gasteiger partial charge in [-0.2, -0.15) is 0 Å². The number of benzene rings is 1. The zero-order valence-electron chi connectivity index (χ0n) is 10.9. The number of fused-ring (bicyclic) bond motifs is 1. The number of hydrogen-bond acceptors (Lipinski definition) is 3. The summed E-state index contributed by atoms with van der Waals surface area (Å²) in [5, 5.41) is 1.25. The van der Waals surface area contributed by atoms with Gasteiger partial charge in [0.1, 0.15) is 0 Å². The smallest absolute Gasteiger partial charge is 0.0709 e. The number of ether oxygens (including phenoxy) is 1. The molecular weight excluding hydrogens is 224 g/mol. The molecule has 0 atom stereocenters. The Morgan fingerprint density at radius 2 is 1.89 bits per heavy atom. The van der Waals surface area contributed by atoms with E-state index >= 15 is 0 Å². The van der Waals surface area contributed by atoms with Crippen LogP contribution in [0.1, 0.15) is 11.3 Å². The monoisotopic (exact) mass is 242 g/mol. The predicted octanol–water partition coefficient (Wildman–Crippen LogP) is 2.69. The van der Waals surface area contributed by atoms with Crippen molar-refractivity contribution in [2.45, 2.75) is 13.8 Å². The molecule has 1 fully saturated rings. The summed E-state index contributed by atoms with van der Waals surface area (Å²) in [5.74, 6) is 0. The van der Waals surface area contributed by atoms with Crippen molar-refractivity contribution in [3.8, 4) is 0 Å². The third kappa shape index (κ3) is 2.06. The minimum atomic E-state index is 0.823. The Labute approximate surface area is 107 Å². The van der Waals surface area contributed by atoms with Crippen LogP contribution in [0.3, 0.4) is 0 Å². The fraction of sp³-hybridized carbons (Fsp3) is 0.400. The Morgan fingerprint density at radius 3 is 2.67 bits per heavy atom. The number of pyridine rings is 1. The van der Waals surface area contributed by atoms with Crippen LogP contribution >= 0.6 is 0 Å². The molecule has 1 saturated heterocycles. The molecule has 2 aromatic rings. The lowest BCUT2D eigenvalue weighted by atomic mass is 10.1. The van der Waals surface area contributed by atoms with Crippen molar-refractivity contribution in [3.63, 3.8) is 0 Å². The highest BCUT2D eigenvalue weighted by Crippen LogP contribution is 2.24. The number of morpholine rings is 1. The molecule has 0 bridgehead atoms. The van der Waals surface area contributed by atoms with E-state index in [1.807, 2.05) is 6.92 Å². The molecule has 0 radical (unpaired) electrons. The first-order valence-electron chi connectivity index (χ1n) is 6.45. The number of rotatable bonds is 1. The minimum absolute atomic E-state index is 0.823. The standard InChI is InChI=1S/C15H18N2O/c1-11-9-12(2)16-15-4-3-13(10-14(11)15)17-5-7-18-8-6-17/h3-4,9-10H,5-8H2,1-2H3. The van der Waals surface area contributed by atoms with Gasteiger partial charge in [0.15, 0.2) is 0 Å². The van der Waals surface area contributed by atoms with E-state index in [0.717, 1.165) is 37.5 Å². The Morgan fingerprint density at radius 1 is 1.11 bits per heavy atom. The Bertz CT molecular complexity index is 574. The zero-order chi connectivity index (χ0) is 12.5. The quantitative estimate of drug-likeness (QED) is 0.768. The first-order valence-corrected chi connectivity index (χ1v) is 6.45. The normalized spacial score (nSPS) is 16.2. The summed E-state index contributed by atoms with van der Waals surface area (Å²) in [6, 6.07) is 8.69. The van der Waals surface area contributed by atoms with Gasteiger partial charge in [-0.15, -0.1) is 0 Å². The van der Waals surface area contributed by atoms with Crippen molar-refractivity contribution in [2.75, 3.05) is 31.2 Å². The predicted molar refractivity (Wildman–Crippen MR) is 74.2 cm³/mol. The molecule has 1 aromatic carbocycles. The lowest BCUT2D eigenvalue weighted by molar-refractivity contribution is 0.122. The minimum Gasteiger partial charge on any atom is -0.378 e. The molecule has 1 aromatic heterocycles. The Hall–Kier alpha value is -1.61. The molecular formula is C15H18N2O. The van der Waals surface area contributed by atoms with Gasteiger partial charge >= 0.3 is 0 Å². The molecule has 94 valence electrons. The van der Waals surface area contributed by atoms with E-state index < -0.39 is 0 Å². The second-order valence-corrected chi connectivity index (χ2v) is 4.88. The van der Waals surface area contributed by atoms with Gasteiger partial charge in [-0.05, 0) is 43.7 Å². The number of aromatic nitrogens is 1. The van der Waals surface area contributed by atoms with Gasteiger partial charge in [0.2, 0.25) is 0 Å². The van der Waals surface area contributed by atoms with Crippen molar-refractivity contribution in [1.29, 1.82) is 0 Å². The van der Waals surface area contributed by atoms with E-state index in [0.29, 0.717) is 0 Å². The SMILES string of the molecule is Cc1cc(C)c2cc(N3CCOCC3)ccc2n1. The molecule has 0 saturated carbocycles. The molecule has 18 heavy (non-hydrogen) atoms. The van der Waals surface area contributed by atoms with E-state index in [1.165, 1.54) is 16.6 Å². The second kappa shape index (κ2) is 4.58. The maximum atomic E-state index is 5.39. The summed E-state index contributed by atoms with van der Waals surface area (Å²) < 4.78 is 5.39. The topological polar surface area (TPSA) is 25.4 Å². The van der Waals surface area contributed by atoms with Crippen LogP contribution in [0.4, 0.5) is 5.69 Å². The van der Waals surface area contributed by atoms with Crippen LogP contribution in [0.5, 0.6) is 0 Å². The average Bonchev–Trinajstić information content (AvgIpc) is 2.39.